The monoisotopic (exact) mass is 296 g/mol. The predicted octanol–water partition coefficient (Wildman–Crippen LogP) is 3.67. The van der Waals surface area contributed by atoms with E-state index in [9.17, 15) is 0 Å². The number of para-hydroxylation sites is 1. The van der Waals surface area contributed by atoms with Crippen LogP contribution in [0.15, 0.2) is 35.2 Å². The zero-order chi connectivity index (χ0) is 11.4. The zero-order valence-electron chi connectivity index (χ0n) is 9.06. The largest absolute Gasteiger partial charge is 0.368 e. The molecule has 0 N–H and O–H groups in total. The van der Waals surface area contributed by atoms with Crippen LogP contribution in [0.1, 0.15) is 11.3 Å². The van der Waals surface area contributed by atoms with Crippen LogP contribution in [0, 0.1) is 0 Å². The molecule has 0 unspecified atom stereocenters. The van der Waals surface area contributed by atoms with Gasteiger partial charge in [0.25, 0.3) is 0 Å². The van der Waals surface area contributed by atoms with Gasteiger partial charge in [0.2, 0.25) is 0 Å². The molecule has 0 saturated carbocycles. The molecule has 2 rings (SSSR count). The van der Waals surface area contributed by atoms with Gasteiger partial charge in [-0.3, -0.25) is 0 Å². The third-order valence-electron chi connectivity index (χ3n) is 2.43. The second-order valence-corrected chi connectivity index (χ2v) is 4.88. The maximum Gasteiger partial charge on any atom is 0.0795 e. The first kappa shape index (κ1) is 11.6. The summed E-state index contributed by atoms with van der Waals surface area (Å²) in [6, 6.07) is 8.42. The van der Waals surface area contributed by atoms with E-state index in [0.29, 0.717) is 0 Å². The molecule has 0 radical (unpaired) electrons. The van der Waals surface area contributed by atoms with E-state index in [1.165, 1.54) is 11.3 Å². The lowest BCUT2D eigenvalue weighted by Crippen LogP contribution is -2.17. The zero-order valence-corrected chi connectivity index (χ0v) is 11.5. The number of aromatic nitrogens is 1. The van der Waals surface area contributed by atoms with Gasteiger partial charge in [0.1, 0.15) is 0 Å². The third kappa shape index (κ3) is 2.62. The van der Waals surface area contributed by atoms with Crippen molar-refractivity contribution in [2.45, 2.75) is 11.9 Å². The van der Waals surface area contributed by atoms with Crippen LogP contribution in [-0.4, -0.2) is 12.0 Å². The van der Waals surface area contributed by atoms with Gasteiger partial charge in [-0.15, -0.1) is 11.3 Å². The lowest BCUT2D eigenvalue weighted by molar-refractivity contribution is 0.890. The summed E-state index contributed by atoms with van der Waals surface area (Å²) in [6.45, 7) is 0.855. The van der Waals surface area contributed by atoms with Crippen LogP contribution < -0.4 is 4.90 Å². The van der Waals surface area contributed by atoms with Crippen molar-refractivity contribution in [3.63, 3.8) is 0 Å². The Kier molecular flexibility index (Phi) is 3.96. The number of halogens is 1. The van der Waals surface area contributed by atoms with Gasteiger partial charge in [-0.2, -0.15) is 0 Å². The molecular formula is C12H13BrN2S. The number of alkyl halides is 1. The fourth-order valence-electron chi connectivity index (χ4n) is 1.64. The predicted molar refractivity (Wildman–Crippen MR) is 73.3 cm³/mol. The van der Waals surface area contributed by atoms with Crippen molar-refractivity contribution >= 4 is 33.0 Å². The van der Waals surface area contributed by atoms with Crippen molar-refractivity contribution in [1.82, 2.24) is 4.98 Å². The Morgan fingerprint density at radius 3 is 2.88 bits per heavy atom. The van der Waals surface area contributed by atoms with E-state index in [2.05, 4.69) is 62.5 Å². The van der Waals surface area contributed by atoms with Crippen LogP contribution in [-0.2, 0) is 11.9 Å². The number of hydrogen-bond donors (Lipinski definition) is 0. The fraction of sp³-hybridized carbons (Fsp3) is 0.250. The van der Waals surface area contributed by atoms with Crippen LogP contribution in [0.5, 0.6) is 0 Å². The molecule has 0 aliphatic carbocycles. The summed E-state index contributed by atoms with van der Waals surface area (Å²) in [5, 5.41) is 2.97. The van der Waals surface area contributed by atoms with E-state index >= 15 is 0 Å². The summed E-state index contributed by atoms with van der Waals surface area (Å²) in [5.74, 6) is 0. The maximum atomic E-state index is 4.30. The van der Waals surface area contributed by atoms with Crippen LogP contribution in [0.25, 0.3) is 0 Å². The highest BCUT2D eigenvalue weighted by Crippen LogP contribution is 2.22. The van der Waals surface area contributed by atoms with Gasteiger partial charge in [0.15, 0.2) is 0 Å². The van der Waals surface area contributed by atoms with Crippen molar-refractivity contribution in [2.24, 2.45) is 0 Å². The van der Waals surface area contributed by atoms with E-state index in [1.54, 1.807) is 11.3 Å². The molecule has 2 aromatic rings. The Morgan fingerprint density at radius 1 is 1.38 bits per heavy atom. The van der Waals surface area contributed by atoms with Crippen LogP contribution in [0.2, 0.25) is 0 Å². The lowest BCUT2D eigenvalue weighted by atomic mass is 10.2. The number of anilines is 1. The number of hydrogen-bond acceptors (Lipinski definition) is 3. The van der Waals surface area contributed by atoms with Crippen molar-refractivity contribution in [2.75, 3.05) is 11.9 Å². The number of thiazole rings is 1. The first-order valence-electron chi connectivity index (χ1n) is 5.03. The van der Waals surface area contributed by atoms with Gasteiger partial charge >= 0.3 is 0 Å². The first-order valence-corrected chi connectivity index (χ1v) is 7.09. The van der Waals surface area contributed by atoms with Gasteiger partial charge in [-0.25, -0.2) is 4.98 Å². The molecule has 0 bridgehead atoms. The molecule has 1 heterocycles. The molecule has 4 heteroatoms. The van der Waals surface area contributed by atoms with E-state index in [-0.39, 0.29) is 0 Å². The summed E-state index contributed by atoms with van der Waals surface area (Å²) < 4.78 is 0. The minimum atomic E-state index is 0.855. The smallest absolute Gasteiger partial charge is 0.0795 e. The summed E-state index contributed by atoms with van der Waals surface area (Å²) in [6.07, 6.45) is 0. The molecule has 0 aliphatic heterocycles. The van der Waals surface area contributed by atoms with Crippen LogP contribution in [0.4, 0.5) is 5.69 Å². The topological polar surface area (TPSA) is 16.1 Å². The molecule has 0 spiro atoms. The fourth-order valence-corrected chi connectivity index (χ4v) is 2.66. The van der Waals surface area contributed by atoms with Crippen LogP contribution in [0.3, 0.4) is 0 Å². The second-order valence-electron chi connectivity index (χ2n) is 3.60. The Morgan fingerprint density at radius 2 is 2.19 bits per heavy atom. The Labute approximate surface area is 108 Å². The number of benzene rings is 1. The van der Waals surface area contributed by atoms with E-state index in [1.807, 2.05) is 5.51 Å². The molecule has 1 aromatic carbocycles. The summed E-state index contributed by atoms with van der Waals surface area (Å²) in [7, 11) is 2.10. The second kappa shape index (κ2) is 5.46. The normalized spacial score (nSPS) is 10.4. The summed E-state index contributed by atoms with van der Waals surface area (Å²) >= 11 is 5.15. The Bertz CT molecular complexity index is 442. The highest BCUT2D eigenvalue weighted by Gasteiger charge is 2.07. The van der Waals surface area contributed by atoms with E-state index in [0.717, 1.165) is 17.6 Å². The molecule has 0 saturated heterocycles. The highest BCUT2D eigenvalue weighted by atomic mass is 79.9. The average molecular weight is 297 g/mol. The Hall–Kier alpha value is -0.870. The minimum absolute atomic E-state index is 0.855. The standard InChI is InChI=1S/C12H13BrN2S/c1-15(7-11-8-16-9-14-11)12-5-3-2-4-10(12)6-13/h2-5,8-9H,6-7H2,1H3. The third-order valence-corrected chi connectivity index (χ3v) is 3.67. The quantitative estimate of drug-likeness (QED) is 0.800. The van der Waals surface area contributed by atoms with Gasteiger partial charge in [-0.1, -0.05) is 34.1 Å². The van der Waals surface area contributed by atoms with Crippen molar-refractivity contribution < 1.29 is 0 Å². The van der Waals surface area contributed by atoms with Crippen LogP contribution >= 0.6 is 27.3 Å². The molecule has 0 amide bonds. The molecule has 1 aromatic heterocycles. The van der Waals surface area contributed by atoms with E-state index in [4.69, 9.17) is 0 Å². The number of nitrogens with zero attached hydrogens (tertiary/aromatic N) is 2. The van der Waals surface area contributed by atoms with Gasteiger partial charge in [0, 0.05) is 23.4 Å². The van der Waals surface area contributed by atoms with E-state index < -0.39 is 0 Å². The molecule has 84 valence electrons. The lowest BCUT2D eigenvalue weighted by Gasteiger charge is -2.20. The summed E-state index contributed by atoms with van der Waals surface area (Å²) in [4.78, 5) is 6.53. The first-order chi connectivity index (χ1) is 7.81. The molecular weight excluding hydrogens is 284 g/mol. The highest BCUT2D eigenvalue weighted by molar-refractivity contribution is 9.08. The molecule has 0 atom stereocenters. The van der Waals surface area contributed by atoms with Gasteiger partial charge < -0.3 is 4.90 Å². The van der Waals surface area contributed by atoms with Crippen molar-refractivity contribution in [3.8, 4) is 0 Å². The minimum Gasteiger partial charge on any atom is -0.368 e. The van der Waals surface area contributed by atoms with Crippen molar-refractivity contribution in [3.05, 3.63) is 46.4 Å². The molecule has 2 nitrogen and oxygen atoms in total. The van der Waals surface area contributed by atoms with Gasteiger partial charge in [-0.05, 0) is 11.6 Å². The number of rotatable bonds is 4. The van der Waals surface area contributed by atoms with Crippen molar-refractivity contribution in [1.29, 1.82) is 0 Å². The average Bonchev–Trinajstić information content (AvgIpc) is 2.81. The molecule has 0 aliphatic rings. The van der Waals surface area contributed by atoms with Gasteiger partial charge in [0.05, 0.1) is 17.7 Å². The SMILES string of the molecule is CN(Cc1cscn1)c1ccccc1CBr. The summed E-state index contributed by atoms with van der Waals surface area (Å²) in [5.41, 5.74) is 5.56. The maximum absolute atomic E-state index is 4.30. The molecule has 0 fully saturated rings. The Balaban J connectivity index is 2.17. The molecule has 16 heavy (non-hydrogen) atoms.